The van der Waals surface area contributed by atoms with Crippen molar-refractivity contribution in [2.45, 2.75) is 38.5 Å². The number of nitrogens with one attached hydrogen (secondary N) is 2. The van der Waals surface area contributed by atoms with Crippen molar-refractivity contribution in [1.29, 1.82) is 5.41 Å². The summed E-state index contributed by atoms with van der Waals surface area (Å²) in [4.78, 5) is 0. The van der Waals surface area contributed by atoms with E-state index < -0.39 is 5.91 Å². The normalized spacial score (nSPS) is 18.8. The third-order valence-corrected chi connectivity index (χ3v) is 3.87. The summed E-state index contributed by atoms with van der Waals surface area (Å²) < 4.78 is 17.1. The van der Waals surface area contributed by atoms with Crippen LogP contribution in [-0.2, 0) is 15.4 Å². The average Bonchev–Trinajstić information content (AvgIpc) is 3.06. The lowest BCUT2D eigenvalue weighted by molar-refractivity contribution is -0.173. The first-order valence-electron chi connectivity index (χ1n) is 7.67. The first-order valence-corrected chi connectivity index (χ1v) is 7.67. The molecular formula is C16H22N2O3. The molecule has 2 aliphatic heterocycles. The largest absolute Gasteiger partial charge is 0.494 e. The van der Waals surface area contributed by atoms with E-state index in [0.717, 1.165) is 29.9 Å². The molecule has 0 aliphatic carbocycles. The van der Waals surface area contributed by atoms with Gasteiger partial charge in [0.25, 0.3) is 5.91 Å². The summed E-state index contributed by atoms with van der Waals surface area (Å²) in [6.07, 6.45) is 4.74. The van der Waals surface area contributed by atoms with Crippen LogP contribution >= 0.6 is 0 Å². The Morgan fingerprint density at radius 2 is 2.05 bits per heavy atom. The second-order valence-electron chi connectivity index (χ2n) is 5.43. The lowest BCUT2D eigenvalue weighted by atomic mass is 10.1. The van der Waals surface area contributed by atoms with E-state index in [1.807, 2.05) is 18.2 Å². The maximum Gasteiger partial charge on any atom is 0.279 e. The summed E-state index contributed by atoms with van der Waals surface area (Å²) in [5.74, 6) is 0.168. The molecule has 3 rings (SSSR count). The quantitative estimate of drug-likeness (QED) is 0.791. The Balaban J connectivity index is 1.67. The highest BCUT2D eigenvalue weighted by Crippen LogP contribution is 2.37. The lowest BCUT2D eigenvalue weighted by Gasteiger charge is -2.22. The molecule has 114 valence electrons. The SMILES string of the molecule is CCCCCCOc1ccc2c(c1)C(=N)NC21OCCO1. The van der Waals surface area contributed by atoms with E-state index in [-0.39, 0.29) is 0 Å². The van der Waals surface area contributed by atoms with Gasteiger partial charge in [-0.15, -0.1) is 0 Å². The molecule has 1 aromatic carbocycles. The van der Waals surface area contributed by atoms with E-state index >= 15 is 0 Å². The van der Waals surface area contributed by atoms with Crippen LogP contribution in [0.3, 0.4) is 0 Å². The molecule has 2 heterocycles. The first-order chi connectivity index (χ1) is 10.2. The van der Waals surface area contributed by atoms with Crippen LogP contribution in [0.1, 0.15) is 43.7 Å². The molecule has 0 radical (unpaired) electrons. The van der Waals surface area contributed by atoms with Gasteiger partial charge in [0.1, 0.15) is 11.6 Å². The number of fused-ring (bicyclic) bond motifs is 2. The van der Waals surface area contributed by atoms with Crippen molar-refractivity contribution in [2.24, 2.45) is 0 Å². The molecule has 2 N–H and O–H groups in total. The molecule has 5 nitrogen and oxygen atoms in total. The third-order valence-electron chi connectivity index (χ3n) is 3.87. The molecule has 0 aromatic heterocycles. The molecule has 1 spiro atoms. The van der Waals surface area contributed by atoms with Crippen molar-refractivity contribution in [3.05, 3.63) is 29.3 Å². The zero-order valence-electron chi connectivity index (χ0n) is 12.4. The van der Waals surface area contributed by atoms with Crippen LogP contribution in [0.5, 0.6) is 5.75 Å². The number of hydrogen-bond acceptors (Lipinski definition) is 4. The first kappa shape index (κ1) is 14.4. The summed E-state index contributed by atoms with van der Waals surface area (Å²) in [6, 6.07) is 5.74. The highest BCUT2D eigenvalue weighted by atomic mass is 16.8. The standard InChI is InChI=1S/C16H22N2O3/c1-2-3-4-5-8-19-12-6-7-14-13(11-12)15(17)18-16(14)20-9-10-21-16/h6-7,11H,2-5,8-10H2,1H3,(H2,17,18). The van der Waals surface area contributed by atoms with Crippen LogP contribution in [-0.4, -0.2) is 25.7 Å². The highest BCUT2D eigenvalue weighted by molar-refractivity contribution is 6.01. The van der Waals surface area contributed by atoms with Gasteiger partial charge in [-0.1, -0.05) is 26.2 Å². The average molecular weight is 290 g/mol. The van der Waals surface area contributed by atoms with Gasteiger partial charge in [0.15, 0.2) is 0 Å². The smallest absolute Gasteiger partial charge is 0.279 e. The summed E-state index contributed by atoms with van der Waals surface area (Å²) in [7, 11) is 0. The summed E-state index contributed by atoms with van der Waals surface area (Å²) in [5.41, 5.74) is 1.66. The Labute approximate surface area is 125 Å². The van der Waals surface area contributed by atoms with E-state index in [1.165, 1.54) is 19.3 Å². The molecule has 0 saturated carbocycles. The molecule has 0 amide bonds. The molecule has 5 heteroatoms. The van der Waals surface area contributed by atoms with Gasteiger partial charge in [-0.25, -0.2) is 0 Å². The zero-order chi connectivity index (χ0) is 14.7. The Morgan fingerprint density at radius 1 is 1.24 bits per heavy atom. The molecule has 0 unspecified atom stereocenters. The summed E-state index contributed by atoms with van der Waals surface area (Å²) >= 11 is 0. The van der Waals surface area contributed by atoms with Crippen LogP contribution in [0, 0.1) is 5.41 Å². The summed E-state index contributed by atoms with van der Waals surface area (Å²) in [6.45, 7) is 3.99. The molecule has 21 heavy (non-hydrogen) atoms. The van der Waals surface area contributed by atoms with Crippen LogP contribution in [0.15, 0.2) is 18.2 Å². The zero-order valence-corrected chi connectivity index (χ0v) is 12.4. The molecule has 1 fully saturated rings. The molecular weight excluding hydrogens is 268 g/mol. The van der Waals surface area contributed by atoms with Gasteiger partial charge >= 0.3 is 0 Å². The van der Waals surface area contributed by atoms with Crippen LogP contribution in [0.25, 0.3) is 0 Å². The predicted octanol–water partition coefficient (Wildman–Crippen LogP) is 2.73. The van der Waals surface area contributed by atoms with E-state index in [4.69, 9.17) is 19.6 Å². The van der Waals surface area contributed by atoms with Crippen molar-refractivity contribution >= 4 is 5.84 Å². The fraction of sp³-hybridized carbons (Fsp3) is 0.562. The van der Waals surface area contributed by atoms with Gasteiger partial charge in [0.05, 0.1) is 19.8 Å². The third kappa shape index (κ3) is 2.76. The molecule has 1 saturated heterocycles. The Morgan fingerprint density at radius 3 is 2.81 bits per heavy atom. The topological polar surface area (TPSA) is 63.6 Å². The maximum absolute atomic E-state index is 8.06. The van der Waals surface area contributed by atoms with E-state index in [1.54, 1.807) is 0 Å². The van der Waals surface area contributed by atoms with Crippen molar-refractivity contribution in [1.82, 2.24) is 5.32 Å². The number of rotatable bonds is 6. The van der Waals surface area contributed by atoms with Crippen molar-refractivity contribution in [3.8, 4) is 5.75 Å². The van der Waals surface area contributed by atoms with Crippen LogP contribution in [0.4, 0.5) is 0 Å². The van der Waals surface area contributed by atoms with Gasteiger partial charge in [0.2, 0.25) is 0 Å². The van der Waals surface area contributed by atoms with Crippen molar-refractivity contribution < 1.29 is 14.2 Å². The number of amidine groups is 1. The second kappa shape index (κ2) is 6.03. The maximum atomic E-state index is 8.06. The van der Waals surface area contributed by atoms with Crippen LogP contribution < -0.4 is 10.1 Å². The molecule has 0 bridgehead atoms. The Bertz CT molecular complexity index is 524. The van der Waals surface area contributed by atoms with E-state index in [0.29, 0.717) is 19.0 Å². The Hall–Kier alpha value is -1.59. The van der Waals surface area contributed by atoms with Crippen molar-refractivity contribution in [3.63, 3.8) is 0 Å². The van der Waals surface area contributed by atoms with Gasteiger partial charge in [-0.2, -0.15) is 0 Å². The minimum Gasteiger partial charge on any atom is -0.494 e. The molecule has 2 aliphatic rings. The monoisotopic (exact) mass is 290 g/mol. The molecule has 0 atom stereocenters. The lowest BCUT2D eigenvalue weighted by Crippen LogP contribution is -2.40. The minimum atomic E-state index is -0.952. The van der Waals surface area contributed by atoms with E-state index in [2.05, 4.69) is 12.2 Å². The fourth-order valence-electron chi connectivity index (χ4n) is 2.77. The van der Waals surface area contributed by atoms with Gasteiger partial charge < -0.3 is 19.5 Å². The highest BCUT2D eigenvalue weighted by Gasteiger charge is 2.46. The molecule has 1 aromatic rings. The van der Waals surface area contributed by atoms with Gasteiger partial charge in [-0.05, 0) is 24.6 Å². The minimum absolute atomic E-state index is 0.323. The second-order valence-corrected chi connectivity index (χ2v) is 5.43. The summed E-state index contributed by atoms with van der Waals surface area (Å²) in [5, 5.41) is 11.0. The van der Waals surface area contributed by atoms with Crippen molar-refractivity contribution in [2.75, 3.05) is 19.8 Å². The number of benzene rings is 1. The Kier molecular flexibility index (Phi) is 4.12. The van der Waals surface area contributed by atoms with Gasteiger partial charge in [0, 0.05) is 11.1 Å². The number of unbranched alkanes of at least 4 members (excludes halogenated alkanes) is 3. The van der Waals surface area contributed by atoms with Gasteiger partial charge in [-0.3, -0.25) is 5.41 Å². The number of hydrogen-bond donors (Lipinski definition) is 2. The van der Waals surface area contributed by atoms with Crippen LogP contribution in [0.2, 0.25) is 0 Å². The van der Waals surface area contributed by atoms with E-state index in [9.17, 15) is 0 Å². The predicted molar refractivity (Wildman–Crippen MR) is 79.6 cm³/mol. The fourth-order valence-corrected chi connectivity index (χ4v) is 2.77. The number of ether oxygens (including phenoxy) is 3.